The Morgan fingerprint density at radius 3 is 2.79 bits per heavy atom. The van der Waals surface area contributed by atoms with Crippen molar-refractivity contribution >= 4 is 11.7 Å². The first-order valence-electron chi connectivity index (χ1n) is 6.55. The van der Waals surface area contributed by atoms with Crippen LogP contribution in [0.5, 0.6) is 0 Å². The number of nitrogens with zero attached hydrogens (tertiary/aromatic N) is 4. The molecule has 1 aliphatic rings. The minimum atomic E-state index is 0.251. The fourth-order valence-corrected chi connectivity index (χ4v) is 2.06. The van der Waals surface area contributed by atoms with E-state index in [1.165, 1.54) is 0 Å². The molecule has 106 valence electrons. The van der Waals surface area contributed by atoms with Crippen LogP contribution >= 0.6 is 0 Å². The molecule has 0 spiro atoms. The number of likely N-dealkylation sites (N-methyl/N-ethyl adjacent to an activating group) is 1. The first-order chi connectivity index (χ1) is 8.93. The Morgan fingerprint density at radius 2 is 2.21 bits per heavy atom. The maximum atomic E-state index is 5.89. The van der Waals surface area contributed by atoms with Crippen LogP contribution in [0.1, 0.15) is 19.8 Å². The molecule has 1 atom stereocenters. The van der Waals surface area contributed by atoms with Crippen molar-refractivity contribution in [3.8, 4) is 0 Å². The van der Waals surface area contributed by atoms with Crippen molar-refractivity contribution in [3.05, 3.63) is 25.1 Å². The molecule has 1 unspecified atom stereocenters. The Kier molecular flexibility index (Phi) is 5.76. The van der Waals surface area contributed by atoms with Crippen LogP contribution in [0.2, 0.25) is 0 Å². The van der Waals surface area contributed by atoms with Gasteiger partial charge in [-0.2, -0.15) is 0 Å². The smallest absolute Gasteiger partial charge is 0.215 e. The van der Waals surface area contributed by atoms with Crippen LogP contribution < -0.4 is 5.73 Å². The zero-order chi connectivity index (χ0) is 14.4. The van der Waals surface area contributed by atoms with E-state index in [1.807, 2.05) is 14.0 Å². The summed E-state index contributed by atoms with van der Waals surface area (Å²) in [5, 5.41) is 0. The van der Waals surface area contributed by atoms with Gasteiger partial charge in [0.1, 0.15) is 0 Å². The van der Waals surface area contributed by atoms with Crippen LogP contribution in [0.25, 0.3) is 0 Å². The summed E-state index contributed by atoms with van der Waals surface area (Å²) in [7, 11) is 3.98. The molecule has 5 heteroatoms. The van der Waals surface area contributed by atoms with Gasteiger partial charge in [0.05, 0.1) is 17.5 Å². The maximum absolute atomic E-state index is 5.89. The topological polar surface area (TPSA) is 57.2 Å². The molecule has 1 saturated heterocycles. The number of aliphatic imine (C=N–C) groups is 2. The monoisotopic (exact) mass is 263 g/mol. The molecule has 0 aliphatic carbocycles. The predicted octanol–water partition coefficient (Wildman–Crippen LogP) is 1.45. The number of nitrogens with two attached hydrogens (primary N) is 1. The molecule has 1 aliphatic heterocycles. The lowest BCUT2D eigenvalue weighted by molar-refractivity contribution is 0.253. The Balaban J connectivity index is 2.68. The van der Waals surface area contributed by atoms with E-state index in [0.717, 1.165) is 37.3 Å². The summed E-state index contributed by atoms with van der Waals surface area (Å²) in [5.74, 6) is 0.330. The van der Waals surface area contributed by atoms with Gasteiger partial charge in [-0.3, -0.25) is 0 Å². The van der Waals surface area contributed by atoms with Crippen molar-refractivity contribution in [2.45, 2.75) is 25.8 Å². The summed E-state index contributed by atoms with van der Waals surface area (Å²) in [6, 6.07) is 0.251. The minimum absolute atomic E-state index is 0.251. The predicted molar refractivity (Wildman–Crippen MR) is 82.4 cm³/mol. The SMILES string of the molecule is C=CN(C)C(=C)/C(C)=N/C(N)=NC1CCCN(C)C1. The largest absolute Gasteiger partial charge is 0.368 e. The highest BCUT2D eigenvalue weighted by Gasteiger charge is 2.16. The van der Waals surface area contributed by atoms with E-state index in [9.17, 15) is 0 Å². The summed E-state index contributed by atoms with van der Waals surface area (Å²) in [6.07, 6.45) is 3.92. The molecule has 0 saturated carbocycles. The van der Waals surface area contributed by atoms with E-state index in [0.29, 0.717) is 5.96 Å². The van der Waals surface area contributed by atoms with E-state index >= 15 is 0 Å². The van der Waals surface area contributed by atoms with Crippen molar-refractivity contribution in [1.29, 1.82) is 0 Å². The average molecular weight is 263 g/mol. The maximum Gasteiger partial charge on any atom is 0.215 e. The van der Waals surface area contributed by atoms with E-state index in [4.69, 9.17) is 5.73 Å². The molecular formula is C14H25N5. The molecule has 1 rings (SSSR count). The zero-order valence-electron chi connectivity index (χ0n) is 12.3. The zero-order valence-corrected chi connectivity index (χ0v) is 12.3. The Hall–Kier alpha value is -1.62. The van der Waals surface area contributed by atoms with Crippen LogP contribution in [0.3, 0.4) is 0 Å². The molecule has 19 heavy (non-hydrogen) atoms. The Bertz CT molecular complexity index is 397. The van der Waals surface area contributed by atoms with Gasteiger partial charge in [-0.05, 0) is 39.6 Å². The number of allylic oxidation sites excluding steroid dienone is 1. The van der Waals surface area contributed by atoms with Crippen molar-refractivity contribution < 1.29 is 0 Å². The molecule has 0 bridgehead atoms. The normalized spacial score (nSPS) is 22.2. The second kappa shape index (κ2) is 7.09. The highest BCUT2D eigenvalue weighted by atomic mass is 15.2. The number of likely N-dealkylation sites (tertiary alicyclic amines) is 1. The van der Waals surface area contributed by atoms with Crippen LogP contribution in [0, 0.1) is 0 Å². The summed E-state index contributed by atoms with van der Waals surface area (Å²) in [5.41, 5.74) is 7.42. The second-order valence-electron chi connectivity index (χ2n) is 4.98. The lowest BCUT2D eigenvalue weighted by atomic mass is 10.1. The Morgan fingerprint density at radius 1 is 1.53 bits per heavy atom. The third kappa shape index (κ3) is 4.87. The highest BCUT2D eigenvalue weighted by molar-refractivity contribution is 6.04. The van der Waals surface area contributed by atoms with Gasteiger partial charge in [0, 0.05) is 13.6 Å². The number of hydrogen-bond acceptors (Lipinski definition) is 3. The number of guanidine groups is 1. The standard InChI is InChI=1S/C14H25N5/c1-6-19(5)12(3)11(2)16-14(15)17-13-8-7-9-18(4)10-13/h6,13H,1,3,7-10H2,2,4-5H3,(H2,15,17)/b16-11+. The summed E-state index contributed by atoms with van der Waals surface area (Å²) >= 11 is 0. The third-order valence-electron chi connectivity index (χ3n) is 3.31. The van der Waals surface area contributed by atoms with Crippen molar-refractivity contribution in [1.82, 2.24) is 9.80 Å². The summed E-state index contributed by atoms with van der Waals surface area (Å²) in [6.45, 7) is 11.6. The van der Waals surface area contributed by atoms with Crippen LogP contribution in [-0.4, -0.2) is 54.7 Å². The van der Waals surface area contributed by atoms with Gasteiger partial charge in [0.25, 0.3) is 0 Å². The quantitative estimate of drug-likeness (QED) is 0.617. The van der Waals surface area contributed by atoms with Crippen LogP contribution in [0.15, 0.2) is 35.0 Å². The molecule has 0 radical (unpaired) electrons. The first-order valence-corrected chi connectivity index (χ1v) is 6.55. The third-order valence-corrected chi connectivity index (χ3v) is 3.31. The van der Waals surface area contributed by atoms with Gasteiger partial charge in [-0.1, -0.05) is 13.2 Å². The fourth-order valence-electron chi connectivity index (χ4n) is 2.06. The van der Waals surface area contributed by atoms with E-state index in [2.05, 4.69) is 35.1 Å². The van der Waals surface area contributed by atoms with Crippen molar-refractivity contribution in [2.75, 3.05) is 27.2 Å². The molecular weight excluding hydrogens is 238 g/mol. The Labute approximate surface area is 116 Å². The van der Waals surface area contributed by atoms with Gasteiger partial charge >= 0.3 is 0 Å². The molecule has 0 aromatic heterocycles. The molecule has 5 nitrogen and oxygen atoms in total. The van der Waals surface area contributed by atoms with Gasteiger partial charge in [-0.25, -0.2) is 9.98 Å². The first kappa shape index (κ1) is 15.4. The van der Waals surface area contributed by atoms with E-state index in [1.54, 1.807) is 11.1 Å². The lowest BCUT2D eigenvalue weighted by Crippen LogP contribution is -2.35. The number of piperidine rings is 1. The lowest BCUT2D eigenvalue weighted by Gasteiger charge is -2.27. The minimum Gasteiger partial charge on any atom is -0.368 e. The van der Waals surface area contributed by atoms with Crippen LogP contribution in [0.4, 0.5) is 0 Å². The summed E-state index contributed by atoms with van der Waals surface area (Å²) < 4.78 is 0. The van der Waals surface area contributed by atoms with Gasteiger partial charge in [0.2, 0.25) is 5.96 Å². The van der Waals surface area contributed by atoms with Gasteiger partial charge in [0.15, 0.2) is 0 Å². The average Bonchev–Trinajstić information content (AvgIpc) is 2.36. The fraction of sp³-hybridized carbons (Fsp3) is 0.571. The number of hydrogen-bond donors (Lipinski definition) is 1. The van der Waals surface area contributed by atoms with Crippen molar-refractivity contribution in [2.24, 2.45) is 15.7 Å². The number of rotatable bonds is 4. The molecule has 0 aromatic rings. The van der Waals surface area contributed by atoms with E-state index in [-0.39, 0.29) is 6.04 Å². The van der Waals surface area contributed by atoms with Crippen LogP contribution in [-0.2, 0) is 0 Å². The van der Waals surface area contributed by atoms with Gasteiger partial charge < -0.3 is 15.5 Å². The molecule has 0 amide bonds. The summed E-state index contributed by atoms with van der Waals surface area (Å²) in [4.78, 5) is 12.9. The van der Waals surface area contributed by atoms with E-state index < -0.39 is 0 Å². The second-order valence-corrected chi connectivity index (χ2v) is 4.98. The van der Waals surface area contributed by atoms with Crippen molar-refractivity contribution in [3.63, 3.8) is 0 Å². The molecule has 0 aromatic carbocycles. The van der Waals surface area contributed by atoms with Gasteiger partial charge in [-0.15, -0.1) is 0 Å². The highest BCUT2D eigenvalue weighted by Crippen LogP contribution is 2.11. The molecule has 1 fully saturated rings. The molecule has 1 heterocycles. The molecule has 2 N–H and O–H groups in total.